The van der Waals surface area contributed by atoms with Gasteiger partial charge in [0.25, 0.3) is 0 Å². The fourth-order valence-electron chi connectivity index (χ4n) is 1.54. The van der Waals surface area contributed by atoms with Gasteiger partial charge in [-0.25, -0.2) is 4.57 Å². The van der Waals surface area contributed by atoms with Gasteiger partial charge >= 0.3 is 13.8 Å². The van der Waals surface area contributed by atoms with Gasteiger partial charge in [0, 0.05) is 0 Å². The molecule has 4 N–H and O–H groups in total. The van der Waals surface area contributed by atoms with E-state index < -0.39 is 25.4 Å². The summed E-state index contributed by atoms with van der Waals surface area (Å²) < 4.78 is 20.3. The van der Waals surface area contributed by atoms with Gasteiger partial charge in [0.05, 0.1) is 0 Å². The lowest BCUT2D eigenvalue weighted by Crippen LogP contribution is -2.38. The second kappa shape index (κ2) is 6.58. The quantitative estimate of drug-likeness (QED) is 0.554. The van der Waals surface area contributed by atoms with E-state index in [0.717, 1.165) is 5.56 Å². The first-order valence-corrected chi connectivity index (χ1v) is 7.82. The number of ether oxygens (including phenoxy) is 1. The number of phosphoric ester groups is 1. The molecule has 0 aromatic heterocycles. The van der Waals surface area contributed by atoms with E-state index in [0.29, 0.717) is 0 Å². The maximum atomic E-state index is 11.7. The van der Waals surface area contributed by atoms with Crippen molar-refractivity contribution in [3.8, 4) is 5.75 Å². The van der Waals surface area contributed by atoms with Crippen molar-refractivity contribution < 1.29 is 28.4 Å². The topological polar surface area (TPSA) is 119 Å². The maximum Gasteiger partial charge on any atom is 0.524 e. The minimum absolute atomic E-state index is 0.0397. The van der Waals surface area contributed by atoms with Crippen LogP contribution in [0, 0.1) is 0 Å². The Morgan fingerprint density at radius 3 is 2.24 bits per heavy atom. The molecule has 1 rings (SSSR count). The summed E-state index contributed by atoms with van der Waals surface area (Å²) in [6.45, 7) is 5.27. The maximum absolute atomic E-state index is 11.7. The fraction of sp³-hybridized carbons (Fsp3) is 0.462. The molecule has 0 bridgehead atoms. The summed E-state index contributed by atoms with van der Waals surface area (Å²) in [6, 6.07) is 5.15. The van der Waals surface area contributed by atoms with E-state index in [9.17, 15) is 9.36 Å². The highest BCUT2D eigenvalue weighted by atomic mass is 31.2. The van der Waals surface area contributed by atoms with Gasteiger partial charge in [-0.05, 0) is 44.9 Å². The predicted molar refractivity (Wildman–Crippen MR) is 76.6 cm³/mol. The lowest BCUT2D eigenvalue weighted by molar-refractivity contribution is -0.156. The molecule has 0 fully saturated rings. The molecular formula is C13H20NO6P. The number of esters is 1. The van der Waals surface area contributed by atoms with Gasteiger partial charge in [0.2, 0.25) is 0 Å². The van der Waals surface area contributed by atoms with Gasteiger partial charge in [-0.15, -0.1) is 0 Å². The molecule has 0 spiro atoms. The molecule has 1 aromatic rings. The summed E-state index contributed by atoms with van der Waals surface area (Å²) in [5.74, 6) is -0.462. The van der Waals surface area contributed by atoms with Crippen LogP contribution in [-0.4, -0.2) is 27.4 Å². The molecular weight excluding hydrogens is 297 g/mol. The molecule has 0 heterocycles. The van der Waals surface area contributed by atoms with Crippen molar-refractivity contribution >= 4 is 13.8 Å². The average molecular weight is 317 g/mol. The van der Waals surface area contributed by atoms with E-state index >= 15 is 0 Å². The number of hydrogen-bond donors (Lipinski definition) is 3. The summed E-state index contributed by atoms with van der Waals surface area (Å²) in [6.07, 6.45) is 0.255. The summed E-state index contributed by atoms with van der Waals surface area (Å²) >= 11 is 0. The number of rotatable bonds is 5. The molecule has 0 radical (unpaired) electrons. The second-order valence-corrected chi connectivity index (χ2v) is 6.73. The number of carbonyl (C=O) groups is 1. The largest absolute Gasteiger partial charge is 0.524 e. The molecule has 1 atom stereocenters. The van der Waals surface area contributed by atoms with Crippen molar-refractivity contribution in [3.05, 3.63) is 29.8 Å². The van der Waals surface area contributed by atoms with Crippen LogP contribution in [0.4, 0.5) is 0 Å². The molecule has 1 aromatic carbocycles. The van der Waals surface area contributed by atoms with Crippen molar-refractivity contribution in [2.24, 2.45) is 5.73 Å². The van der Waals surface area contributed by atoms with Crippen molar-refractivity contribution in [2.75, 3.05) is 0 Å². The molecule has 118 valence electrons. The Kier molecular flexibility index (Phi) is 5.53. The molecule has 0 aliphatic heterocycles. The van der Waals surface area contributed by atoms with Crippen molar-refractivity contribution in [3.63, 3.8) is 0 Å². The standard InChI is InChI=1S/C13H20NO6P/c1-13(2,3)19-12(15)11(14)8-9-4-6-10(7-5-9)20-21(16,17)18/h4-7,11H,8,14H2,1-3H3,(H2,16,17,18). The normalized spacial score (nSPS) is 13.6. The first-order chi connectivity index (χ1) is 9.46. The number of phosphoric acid groups is 1. The summed E-state index contributed by atoms with van der Waals surface area (Å²) in [5, 5.41) is 0. The second-order valence-electron chi connectivity index (χ2n) is 5.57. The smallest absolute Gasteiger partial charge is 0.459 e. The van der Waals surface area contributed by atoms with Crippen LogP contribution in [-0.2, 0) is 20.5 Å². The Labute approximate surface area is 123 Å². The lowest BCUT2D eigenvalue weighted by atomic mass is 10.1. The minimum Gasteiger partial charge on any atom is -0.459 e. The van der Waals surface area contributed by atoms with E-state index in [1.807, 2.05) is 0 Å². The van der Waals surface area contributed by atoms with Gasteiger partial charge in [-0.3, -0.25) is 14.6 Å². The molecule has 0 saturated heterocycles. The molecule has 0 aliphatic carbocycles. The van der Waals surface area contributed by atoms with E-state index in [4.69, 9.17) is 20.3 Å². The summed E-state index contributed by atoms with van der Waals surface area (Å²) in [4.78, 5) is 29.1. The zero-order valence-corrected chi connectivity index (χ0v) is 13.0. The summed E-state index contributed by atoms with van der Waals surface area (Å²) in [5.41, 5.74) is 5.89. The highest BCUT2D eigenvalue weighted by Gasteiger charge is 2.22. The van der Waals surface area contributed by atoms with Crippen molar-refractivity contribution in [1.82, 2.24) is 0 Å². The van der Waals surface area contributed by atoms with Crippen LogP contribution in [0.2, 0.25) is 0 Å². The lowest BCUT2D eigenvalue weighted by Gasteiger charge is -2.22. The molecule has 0 amide bonds. The Bertz CT molecular complexity index is 531. The van der Waals surface area contributed by atoms with E-state index in [2.05, 4.69) is 4.52 Å². The average Bonchev–Trinajstić information content (AvgIpc) is 2.27. The molecule has 0 aliphatic rings. The highest BCUT2D eigenvalue weighted by molar-refractivity contribution is 7.46. The van der Waals surface area contributed by atoms with Gasteiger partial charge in [0.1, 0.15) is 17.4 Å². The number of carbonyl (C=O) groups excluding carboxylic acids is 1. The van der Waals surface area contributed by atoms with E-state index in [1.165, 1.54) is 12.1 Å². The number of benzene rings is 1. The van der Waals surface area contributed by atoms with Crippen LogP contribution in [0.3, 0.4) is 0 Å². The zero-order chi connectivity index (χ0) is 16.3. The first kappa shape index (κ1) is 17.7. The SMILES string of the molecule is CC(C)(C)OC(=O)C(N)Cc1ccc(OP(=O)(O)O)cc1. The third kappa shape index (κ3) is 7.24. The van der Waals surface area contributed by atoms with Crippen molar-refractivity contribution in [2.45, 2.75) is 38.8 Å². The molecule has 8 heteroatoms. The van der Waals surface area contributed by atoms with Crippen LogP contribution >= 0.6 is 7.82 Å². The van der Waals surface area contributed by atoms with E-state index in [1.54, 1.807) is 32.9 Å². The van der Waals surface area contributed by atoms with Crippen molar-refractivity contribution in [1.29, 1.82) is 0 Å². The minimum atomic E-state index is -4.57. The monoisotopic (exact) mass is 317 g/mol. The highest BCUT2D eigenvalue weighted by Crippen LogP contribution is 2.37. The molecule has 1 unspecified atom stereocenters. The predicted octanol–water partition coefficient (Wildman–Crippen LogP) is 1.37. The first-order valence-electron chi connectivity index (χ1n) is 6.29. The van der Waals surface area contributed by atoms with Gasteiger partial charge < -0.3 is 15.0 Å². The fourth-order valence-corrected chi connectivity index (χ4v) is 1.93. The Hall–Kier alpha value is -1.40. The Morgan fingerprint density at radius 2 is 1.81 bits per heavy atom. The Morgan fingerprint density at radius 1 is 1.29 bits per heavy atom. The summed E-state index contributed by atoms with van der Waals surface area (Å²) in [7, 11) is -4.57. The molecule has 21 heavy (non-hydrogen) atoms. The van der Waals surface area contributed by atoms with Crippen LogP contribution in [0.5, 0.6) is 5.75 Å². The van der Waals surface area contributed by atoms with E-state index in [-0.39, 0.29) is 12.2 Å². The van der Waals surface area contributed by atoms with Crippen LogP contribution in [0.1, 0.15) is 26.3 Å². The zero-order valence-electron chi connectivity index (χ0n) is 12.1. The third-order valence-corrected chi connectivity index (χ3v) is 2.76. The van der Waals surface area contributed by atoms with Gasteiger partial charge in [-0.2, -0.15) is 0 Å². The molecule has 0 saturated carbocycles. The molecule has 7 nitrogen and oxygen atoms in total. The van der Waals surface area contributed by atoms with Gasteiger partial charge in [-0.1, -0.05) is 12.1 Å². The van der Waals surface area contributed by atoms with Gasteiger partial charge in [0.15, 0.2) is 0 Å². The third-order valence-electron chi connectivity index (χ3n) is 2.31. The number of nitrogens with two attached hydrogens (primary N) is 1. The van der Waals surface area contributed by atoms with Crippen LogP contribution in [0.25, 0.3) is 0 Å². The van der Waals surface area contributed by atoms with Crippen LogP contribution < -0.4 is 10.3 Å². The number of hydrogen-bond acceptors (Lipinski definition) is 5. The Balaban J connectivity index is 2.63. The van der Waals surface area contributed by atoms with Crippen LogP contribution in [0.15, 0.2) is 24.3 Å².